The number of aromatic nitrogens is 1. The van der Waals surface area contributed by atoms with Gasteiger partial charge in [0.05, 0.1) is 0 Å². The summed E-state index contributed by atoms with van der Waals surface area (Å²) in [5, 5.41) is 6.71. The highest BCUT2D eigenvalue weighted by Crippen LogP contribution is 2.21. The maximum Gasteiger partial charge on any atom is 0.314 e. The van der Waals surface area contributed by atoms with Gasteiger partial charge in [-0.25, -0.2) is 4.79 Å². The smallest absolute Gasteiger partial charge is 0.314 e. The Morgan fingerprint density at radius 1 is 1.29 bits per heavy atom. The van der Waals surface area contributed by atoms with Crippen LogP contribution in [0.15, 0.2) is 24.4 Å². The van der Waals surface area contributed by atoms with E-state index in [2.05, 4.69) is 34.7 Å². The van der Waals surface area contributed by atoms with Crippen molar-refractivity contribution in [1.82, 2.24) is 15.6 Å². The lowest BCUT2D eigenvalue weighted by Gasteiger charge is -2.06. The van der Waals surface area contributed by atoms with Crippen LogP contribution in [0.1, 0.15) is 11.1 Å². The van der Waals surface area contributed by atoms with Crippen molar-refractivity contribution in [1.29, 1.82) is 0 Å². The fraction of sp³-hybridized carbons (Fsp3) is 0.400. The number of para-hydroxylation sites is 1. The number of aromatic amines is 1. The van der Waals surface area contributed by atoms with E-state index in [4.69, 9.17) is 0 Å². The molecule has 6 heteroatoms. The molecular weight excluding hydrogens is 286 g/mol. The standard InChI is InChI=1S/C15H21N3O2S/c1-11-4-3-5-13-12(10-18-14(11)13)6-7-16-15(19)17-8-9-21(2)20/h3-5,10,18H,6-9H2,1-2H3,(H2,16,17,19)/t21-/m0/s1. The van der Waals surface area contributed by atoms with E-state index in [1.54, 1.807) is 6.26 Å². The van der Waals surface area contributed by atoms with Crippen molar-refractivity contribution in [3.63, 3.8) is 0 Å². The molecule has 2 aromatic rings. The maximum absolute atomic E-state index is 11.5. The van der Waals surface area contributed by atoms with Crippen LogP contribution in [0, 0.1) is 6.92 Å². The van der Waals surface area contributed by atoms with E-state index < -0.39 is 10.8 Å². The third-order valence-electron chi connectivity index (χ3n) is 3.36. The molecule has 1 heterocycles. The van der Waals surface area contributed by atoms with E-state index in [1.165, 1.54) is 16.5 Å². The molecule has 114 valence electrons. The van der Waals surface area contributed by atoms with Crippen LogP contribution in [-0.2, 0) is 17.2 Å². The monoisotopic (exact) mass is 307 g/mol. The Balaban J connectivity index is 1.81. The van der Waals surface area contributed by atoms with Crippen molar-refractivity contribution in [3.05, 3.63) is 35.5 Å². The van der Waals surface area contributed by atoms with Gasteiger partial charge in [-0.3, -0.25) is 4.21 Å². The van der Waals surface area contributed by atoms with Gasteiger partial charge < -0.3 is 15.6 Å². The van der Waals surface area contributed by atoms with Crippen molar-refractivity contribution in [2.24, 2.45) is 0 Å². The third-order valence-corrected chi connectivity index (χ3v) is 4.14. The average Bonchev–Trinajstić information content (AvgIpc) is 2.83. The molecule has 1 atom stereocenters. The summed E-state index contributed by atoms with van der Waals surface area (Å²) in [6.45, 7) is 3.08. The van der Waals surface area contributed by atoms with E-state index in [0.29, 0.717) is 18.8 Å². The zero-order valence-corrected chi connectivity index (χ0v) is 13.2. The van der Waals surface area contributed by atoms with E-state index >= 15 is 0 Å². The van der Waals surface area contributed by atoms with Gasteiger partial charge >= 0.3 is 6.03 Å². The average molecular weight is 307 g/mol. The second-order valence-corrected chi connectivity index (χ2v) is 6.58. The van der Waals surface area contributed by atoms with Gasteiger partial charge in [-0.15, -0.1) is 0 Å². The van der Waals surface area contributed by atoms with E-state index in [-0.39, 0.29) is 6.03 Å². The lowest BCUT2D eigenvalue weighted by molar-refractivity contribution is 0.241. The van der Waals surface area contributed by atoms with Crippen LogP contribution in [0.2, 0.25) is 0 Å². The highest BCUT2D eigenvalue weighted by molar-refractivity contribution is 7.84. The second-order valence-electron chi connectivity index (χ2n) is 5.02. The number of hydrogen-bond donors (Lipinski definition) is 3. The molecule has 21 heavy (non-hydrogen) atoms. The molecule has 0 bridgehead atoms. The molecule has 3 N–H and O–H groups in total. The number of carbonyl (C=O) groups excluding carboxylic acids is 1. The predicted molar refractivity (Wildman–Crippen MR) is 87.1 cm³/mol. The van der Waals surface area contributed by atoms with Gasteiger partial charge in [-0.2, -0.15) is 0 Å². The SMILES string of the molecule is Cc1cccc2c(CCNC(=O)NCC[S@](C)=O)c[nH]c12. The van der Waals surface area contributed by atoms with Crippen LogP contribution in [0.25, 0.3) is 10.9 Å². The summed E-state index contributed by atoms with van der Waals surface area (Å²) in [6.07, 6.45) is 4.40. The first-order valence-electron chi connectivity index (χ1n) is 6.95. The molecule has 0 saturated heterocycles. The molecule has 0 unspecified atom stereocenters. The fourth-order valence-corrected chi connectivity index (χ4v) is 2.64. The quantitative estimate of drug-likeness (QED) is 0.760. The Kier molecular flexibility index (Phi) is 5.38. The molecule has 1 aromatic carbocycles. The van der Waals surface area contributed by atoms with Crippen molar-refractivity contribution >= 4 is 27.7 Å². The van der Waals surface area contributed by atoms with E-state index in [1.807, 2.05) is 12.3 Å². The molecule has 0 saturated carbocycles. The van der Waals surface area contributed by atoms with Crippen molar-refractivity contribution < 1.29 is 9.00 Å². The van der Waals surface area contributed by atoms with Crippen LogP contribution < -0.4 is 10.6 Å². The lowest BCUT2D eigenvalue weighted by atomic mass is 10.1. The minimum atomic E-state index is -0.877. The van der Waals surface area contributed by atoms with Crippen molar-refractivity contribution in [2.75, 3.05) is 25.1 Å². The Morgan fingerprint density at radius 2 is 2.05 bits per heavy atom. The number of nitrogens with one attached hydrogen (secondary N) is 3. The van der Waals surface area contributed by atoms with Crippen LogP contribution >= 0.6 is 0 Å². The second kappa shape index (κ2) is 7.26. The summed E-state index contributed by atoms with van der Waals surface area (Å²) >= 11 is 0. The number of hydrogen-bond acceptors (Lipinski definition) is 2. The Labute approximate surface area is 127 Å². The molecule has 0 aliphatic rings. The third kappa shape index (κ3) is 4.32. The molecule has 5 nitrogen and oxygen atoms in total. The first kappa shape index (κ1) is 15.6. The topological polar surface area (TPSA) is 74.0 Å². The zero-order chi connectivity index (χ0) is 15.2. The number of amides is 2. The Morgan fingerprint density at radius 3 is 2.81 bits per heavy atom. The molecule has 0 aliphatic carbocycles. The molecular formula is C15H21N3O2S. The molecule has 0 aliphatic heterocycles. The highest BCUT2D eigenvalue weighted by Gasteiger charge is 2.06. The van der Waals surface area contributed by atoms with Crippen LogP contribution in [0.3, 0.4) is 0 Å². The molecule has 0 spiro atoms. The summed E-state index contributed by atoms with van der Waals surface area (Å²) in [6, 6.07) is 5.99. The molecule has 2 rings (SSSR count). The van der Waals surface area contributed by atoms with Gasteiger partial charge in [0, 0.05) is 53.0 Å². The van der Waals surface area contributed by atoms with Gasteiger partial charge in [0.15, 0.2) is 0 Å². The zero-order valence-electron chi connectivity index (χ0n) is 12.4. The number of aryl methyl sites for hydroxylation is 1. The number of H-pyrrole nitrogens is 1. The minimum absolute atomic E-state index is 0.212. The number of rotatable bonds is 6. The summed E-state index contributed by atoms with van der Waals surface area (Å²) in [4.78, 5) is 14.8. The molecule has 1 aromatic heterocycles. The van der Waals surface area contributed by atoms with Crippen LogP contribution in [0.4, 0.5) is 4.79 Å². The van der Waals surface area contributed by atoms with Crippen molar-refractivity contribution in [2.45, 2.75) is 13.3 Å². The summed E-state index contributed by atoms with van der Waals surface area (Å²) in [7, 11) is -0.877. The number of carbonyl (C=O) groups is 1. The molecule has 0 radical (unpaired) electrons. The van der Waals surface area contributed by atoms with Crippen LogP contribution in [0.5, 0.6) is 0 Å². The van der Waals surface area contributed by atoms with Gasteiger partial charge in [-0.05, 0) is 24.5 Å². The summed E-state index contributed by atoms with van der Waals surface area (Å²) < 4.78 is 10.9. The molecule has 0 fully saturated rings. The Hall–Kier alpha value is -1.82. The summed E-state index contributed by atoms with van der Waals surface area (Å²) in [5.74, 6) is 0.481. The summed E-state index contributed by atoms with van der Waals surface area (Å²) in [5.41, 5.74) is 3.57. The Bertz CT molecular complexity index is 651. The first-order valence-corrected chi connectivity index (χ1v) is 8.68. The maximum atomic E-state index is 11.5. The number of urea groups is 1. The molecule has 2 amide bonds. The van der Waals surface area contributed by atoms with E-state index in [9.17, 15) is 9.00 Å². The van der Waals surface area contributed by atoms with Crippen molar-refractivity contribution in [3.8, 4) is 0 Å². The first-order chi connectivity index (χ1) is 10.1. The van der Waals surface area contributed by atoms with Gasteiger partial charge in [0.2, 0.25) is 0 Å². The largest absolute Gasteiger partial charge is 0.361 e. The number of fused-ring (bicyclic) bond motifs is 1. The van der Waals surface area contributed by atoms with E-state index in [0.717, 1.165) is 11.9 Å². The van der Waals surface area contributed by atoms with Gasteiger partial charge in [0.1, 0.15) is 0 Å². The minimum Gasteiger partial charge on any atom is -0.361 e. The normalized spacial score (nSPS) is 12.3. The predicted octanol–water partition coefficient (Wildman–Crippen LogP) is 1.70. The number of benzene rings is 1. The van der Waals surface area contributed by atoms with Crippen LogP contribution in [-0.4, -0.2) is 40.3 Å². The van der Waals surface area contributed by atoms with Gasteiger partial charge in [-0.1, -0.05) is 18.2 Å². The fourth-order valence-electron chi connectivity index (χ4n) is 2.25. The highest BCUT2D eigenvalue weighted by atomic mass is 32.2. The lowest BCUT2D eigenvalue weighted by Crippen LogP contribution is -2.38. The van der Waals surface area contributed by atoms with Gasteiger partial charge in [0.25, 0.3) is 0 Å².